The fourth-order valence-electron chi connectivity index (χ4n) is 1.20. The maximum Gasteiger partial charge on any atom is 0.573 e. The quantitative estimate of drug-likeness (QED) is 0.728. The van der Waals surface area contributed by atoms with Gasteiger partial charge in [0.1, 0.15) is 5.75 Å². The zero-order valence-electron chi connectivity index (χ0n) is 7.14. The normalized spacial score (nSPS) is 12.0. The van der Waals surface area contributed by atoms with E-state index in [1.807, 2.05) is 0 Å². The molecule has 1 aromatic carbocycles. The molecule has 0 radical (unpaired) electrons. The summed E-state index contributed by atoms with van der Waals surface area (Å²) in [6, 6.07) is 4.16. The molecule has 0 aliphatic heterocycles. The molecule has 0 spiro atoms. The van der Waals surface area contributed by atoms with E-state index in [1.165, 1.54) is 17.4 Å². The molecule has 0 aliphatic rings. The molecular formula is C9H4ClF3OS. The summed E-state index contributed by atoms with van der Waals surface area (Å²) in [5.41, 5.74) is 0. The largest absolute Gasteiger partial charge is 0.573 e. The Labute approximate surface area is 92.0 Å². The third kappa shape index (κ3) is 2.35. The van der Waals surface area contributed by atoms with Crippen LogP contribution >= 0.6 is 22.9 Å². The molecule has 1 aromatic heterocycles. The number of fused-ring (bicyclic) bond motifs is 1. The first-order valence-electron chi connectivity index (χ1n) is 3.88. The van der Waals surface area contributed by atoms with E-state index >= 15 is 0 Å². The maximum absolute atomic E-state index is 11.9. The van der Waals surface area contributed by atoms with Gasteiger partial charge in [-0.15, -0.1) is 24.5 Å². The molecule has 15 heavy (non-hydrogen) atoms. The SMILES string of the molecule is FC(F)(F)Oc1cc(Cl)c2sccc2c1. The molecule has 1 nitrogen and oxygen atoms in total. The number of rotatable bonds is 1. The summed E-state index contributed by atoms with van der Waals surface area (Å²) in [6.45, 7) is 0. The second kappa shape index (κ2) is 3.57. The number of ether oxygens (including phenoxy) is 1. The van der Waals surface area contributed by atoms with Gasteiger partial charge in [-0.25, -0.2) is 0 Å². The van der Waals surface area contributed by atoms with E-state index in [4.69, 9.17) is 11.6 Å². The van der Waals surface area contributed by atoms with Gasteiger partial charge < -0.3 is 4.74 Å². The van der Waals surface area contributed by atoms with Crippen LogP contribution in [0.2, 0.25) is 5.02 Å². The predicted octanol–water partition coefficient (Wildman–Crippen LogP) is 4.45. The van der Waals surface area contributed by atoms with Gasteiger partial charge in [0.25, 0.3) is 0 Å². The van der Waals surface area contributed by atoms with Crippen molar-refractivity contribution in [1.82, 2.24) is 0 Å². The van der Waals surface area contributed by atoms with Gasteiger partial charge in [-0.2, -0.15) is 0 Å². The Morgan fingerprint density at radius 2 is 2.00 bits per heavy atom. The fourth-order valence-corrected chi connectivity index (χ4v) is 2.34. The molecule has 0 unspecified atom stereocenters. The number of alkyl halides is 3. The van der Waals surface area contributed by atoms with Crippen LogP contribution in [0.3, 0.4) is 0 Å². The van der Waals surface area contributed by atoms with Gasteiger partial charge in [0.05, 0.1) is 9.72 Å². The number of hydrogen-bond acceptors (Lipinski definition) is 2. The highest BCUT2D eigenvalue weighted by molar-refractivity contribution is 7.17. The lowest BCUT2D eigenvalue weighted by Gasteiger charge is -2.09. The van der Waals surface area contributed by atoms with Gasteiger partial charge in [0.15, 0.2) is 0 Å². The van der Waals surface area contributed by atoms with E-state index in [0.717, 1.165) is 10.8 Å². The Hall–Kier alpha value is -0.940. The lowest BCUT2D eigenvalue weighted by atomic mass is 10.2. The summed E-state index contributed by atoms with van der Waals surface area (Å²) in [5.74, 6) is -0.293. The molecule has 2 aromatic rings. The van der Waals surface area contributed by atoms with E-state index in [1.54, 1.807) is 11.4 Å². The Morgan fingerprint density at radius 3 is 2.67 bits per heavy atom. The molecule has 0 saturated carbocycles. The van der Waals surface area contributed by atoms with Crippen LogP contribution in [0.15, 0.2) is 23.6 Å². The standard InChI is InChI=1S/C9H4ClF3OS/c10-7-4-6(14-9(11,12)13)3-5-1-2-15-8(5)7/h1-4H. The highest BCUT2D eigenvalue weighted by Crippen LogP contribution is 2.34. The summed E-state index contributed by atoms with van der Waals surface area (Å²) in [6.07, 6.45) is -4.69. The molecule has 6 heteroatoms. The van der Waals surface area contributed by atoms with Crippen LogP contribution < -0.4 is 4.74 Å². The van der Waals surface area contributed by atoms with Crippen molar-refractivity contribution in [3.8, 4) is 5.75 Å². The Bertz CT molecular complexity index is 492. The monoisotopic (exact) mass is 252 g/mol. The van der Waals surface area contributed by atoms with Crippen LogP contribution in [0.25, 0.3) is 10.1 Å². The first kappa shape index (κ1) is 10.6. The van der Waals surface area contributed by atoms with Crippen LogP contribution in [-0.4, -0.2) is 6.36 Å². The van der Waals surface area contributed by atoms with Crippen LogP contribution in [0.4, 0.5) is 13.2 Å². The van der Waals surface area contributed by atoms with Crippen molar-refractivity contribution in [3.63, 3.8) is 0 Å². The zero-order chi connectivity index (χ0) is 11.1. The lowest BCUT2D eigenvalue weighted by Crippen LogP contribution is -2.17. The molecule has 0 saturated heterocycles. The zero-order valence-corrected chi connectivity index (χ0v) is 8.71. The van der Waals surface area contributed by atoms with Crippen LogP contribution in [0.1, 0.15) is 0 Å². The van der Waals surface area contributed by atoms with Crippen molar-refractivity contribution < 1.29 is 17.9 Å². The summed E-state index contributed by atoms with van der Waals surface area (Å²) in [5, 5.41) is 2.67. The van der Waals surface area contributed by atoms with Gasteiger partial charge in [0, 0.05) is 6.07 Å². The average molecular weight is 253 g/mol. The summed E-state index contributed by atoms with van der Waals surface area (Å²) >= 11 is 7.17. The molecular weight excluding hydrogens is 249 g/mol. The Balaban J connectivity index is 2.45. The van der Waals surface area contributed by atoms with Crippen molar-refractivity contribution in [2.75, 3.05) is 0 Å². The molecule has 0 fully saturated rings. The summed E-state index contributed by atoms with van der Waals surface area (Å²) in [4.78, 5) is 0. The maximum atomic E-state index is 11.9. The van der Waals surface area contributed by atoms with Gasteiger partial charge in [0.2, 0.25) is 0 Å². The van der Waals surface area contributed by atoms with Crippen LogP contribution in [0, 0.1) is 0 Å². The number of benzene rings is 1. The lowest BCUT2D eigenvalue weighted by molar-refractivity contribution is -0.274. The minimum Gasteiger partial charge on any atom is -0.406 e. The third-order valence-corrected chi connectivity index (χ3v) is 3.09. The van der Waals surface area contributed by atoms with Gasteiger partial charge in [-0.3, -0.25) is 0 Å². The molecule has 0 bridgehead atoms. The number of hydrogen-bond donors (Lipinski definition) is 0. The van der Waals surface area contributed by atoms with E-state index < -0.39 is 6.36 Å². The molecule has 0 atom stereocenters. The van der Waals surface area contributed by atoms with Gasteiger partial charge in [-0.1, -0.05) is 11.6 Å². The smallest absolute Gasteiger partial charge is 0.406 e. The van der Waals surface area contributed by atoms with Crippen molar-refractivity contribution in [2.45, 2.75) is 6.36 Å². The molecule has 80 valence electrons. The minimum absolute atomic E-state index is 0.266. The first-order chi connectivity index (χ1) is 6.96. The first-order valence-corrected chi connectivity index (χ1v) is 5.14. The average Bonchev–Trinajstić information content (AvgIpc) is 2.48. The highest BCUT2D eigenvalue weighted by atomic mass is 35.5. The van der Waals surface area contributed by atoms with E-state index in [9.17, 15) is 13.2 Å². The van der Waals surface area contributed by atoms with Crippen LogP contribution in [-0.2, 0) is 0 Å². The van der Waals surface area contributed by atoms with Crippen molar-refractivity contribution in [1.29, 1.82) is 0 Å². The highest BCUT2D eigenvalue weighted by Gasteiger charge is 2.31. The second-order valence-corrected chi connectivity index (χ2v) is 4.12. The second-order valence-electron chi connectivity index (χ2n) is 2.79. The molecule has 0 amide bonds. The molecule has 0 N–H and O–H groups in total. The van der Waals surface area contributed by atoms with E-state index in [0.29, 0.717) is 5.39 Å². The minimum atomic E-state index is -4.69. The molecule has 0 aliphatic carbocycles. The van der Waals surface area contributed by atoms with Crippen molar-refractivity contribution >= 4 is 33.0 Å². The van der Waals surface area contributed by atoms with Crippen LogP contribution in [0.5, 0.6) is 5.75 Å². The summed E-state index contributed by atoms with van der Waals surface area (Å²) in [7, 11) is 0. The van der Waals surface area contributed by atoms with E-state index in [-0.39, 0.29) is 10.8 Å². The van der Waals surface area contributed by atoms with Gasteiger partial charge >= 0.3 is 6.36 Å². The topological polar surface area (TPSA) is 9.23 Å². The summed E-state index contributed by atoms with van der Waals surface area (Å²) < 4.78 is 40.3. The molecule has 2 rings (SSSR count). The van der Waals surface area contributed by atoms with Gasteiger partial charge in [-0.05, 0) is 22.9 Å². The predicted molar refractivity (Wildman–Crippen MR) is 53.5 cm³/mol. The third-order valence-electron chi connectivity index (χ3n) is 1.71. The van der Waals surface area contributed by atoms with E-state index in [2.05, 4.69) is 4.74 Å². The Kier molecular flexibility index (Phi) is 2.52. The van der Waals surface area contributed by atoms with Crippen molar-refractivity contribution in [2.24, 2.45) is 0 Å². The number of halogens is 4. The van der Waals surface area contributed by atoms with Crippen molar-refractivity contribution in [3.05, 3.63) is 28.6 Å². The Morgan fingerprint density at radius 1 is 1.27 bits per heavy atom. The number of thiophene rings is 1. The fraction of sp³-hybridized carbons (Fsp3) is 0.111. The molecule has 1 heterocycles.